The molecule has 0 aromatic heterocycles. The highest BCUT2D eigenvalue weighted by atomic mass is 35.6. The molecule has 2 aromatic carbocycles. The van der Waals surface area contributed by atoms with Gasteiger partial charge in [0.2, 0.25) is 7.38 Å². The fourth-order valence-electron chi connectivity index (χ4n) is 3.50. The summed E-state index contributed by atoms with van der Waals surface area (Å²) in [6, 6.07) is 21.6. The lowest BCUT2D eigenvalue weighted by Crippen LogP contribution is -2.57. The fourth-order valence-corrected chi connectivity index (χ4v) is 8.75. The molecule has 0 nitrogen and oxygen atoms in total. The summed E-state index contributed by atoms with van der Waals surface area (Å²) in [5, 5.41) is 2.75. The maximum absolute atomic E-state index is 7.41. The van der Waals surface area contributed by atoms with E-state index in [1.165, 1.54) is 42.5 Å². The Morgan fingerprint density at radius 1 is 0.700 bits per heavy atom. The van der Waals surface area contributed by atoms with Crippen LogP contribution < -0.4 is 10.4 Å². The lowest BCUT2D eigenvalue weighted by atomic mass is 10.0. The van der Waals surface area contributed by atoms with Gasteiger partial charge in [0.1, 0.15) is 0 Å². The molecule has 1 fully saturated rings. The zero-order chi connectivity index (χ0) is 13.8. The van der Waals surface area contributed by atoms with Crippen LogP contribution in [-0.2, 0) is 0 Å². The predicted molar refractivity (Wildman–Crippen MR) is 90.6 cm³/mol. The Morgan fingerprint density at radius 2 is 1.15 bits per heavy atom. The zero-order valence-electron chi connectivity index (χ0n) is 11.8. The minimum atomic E-state index is -2.13. The fraction of sp³-hybridized carbons (Fsp3) is 0.333. The van der Waals surface area contributed by atoms with Crippen molar-refractivity contribution in [3.05, 3.63) is 60.7 Å². The van der Waals surface area contributed by atoms with Gasteiger partial charge in [0.05, 0.1) is 0 Å². The molecular formula is C18H21ClSi. The SMILES string of the molecule is Cl[Si](c1ccccc1)(c1ccccc1)C1CCCCC1. The van der Waals surface area contributed by atoms with Crippen LogP contribution >= 0.6 is 11.1 Å². The molecule has 0 aliphatic heterocycles. The summed E-state index contributed by atoms with van der Waals surface area (Å²) in [5.74, 6) is 0. The molecule has 104 valence electrons. The van der Waals surface area contributed by atoms with Gasteiger partial charge >= 0.3 is 0 Å². The van der Waals surface area contributed by atoms with Crippen LogP contribution in [0.5, 0.6) is 0 Å². The van der Waals surface area contributed by atoms with E-state index in [-0.39, 0.29) is 0 Å². The molecule has 0 bridgehead atoms. The Hall–Kier alpha value is -1.05. The Bertz CT molecular complexity index is 492. The Balaban J connectivity index is 2.07. The van der Waals surface area contributed by atoms with Crippen LogP contribution in [0.1, 0.15) is 32.1 Å². The van der Waals surface area contributed by atoms with Gasteiger partial charge in [-0.25, -0.2) is 0 Å². The van der Waals surface area contributed by atoms with E-state index in [4.69, 9.17) is 11.1 Å². The van der Waals surface area contributed by atoms with Crippen molar-refractivity contribution >= 4 is 28.8 Å². The van der Waals surface area contributed by atoms with Crippen molar-refractivity contribution in [3.63, 3.8) is 0 Å². The minimum Gasteiger partial charge on any atom is -0.155 e. The van der Waals surface area contributed by atoms with E-state index < -0.39 is 7.38 Å². The van der Waals surface area contributed by atoms with Gasteiger partial charge in [-0.1, -0.05) is 92.8 Å². The first-order chi connectivity index (χ1) is 9.82. The summed E-state index contributed by atoms with van der Waals surface area (Å²) in [5.41, 5.74) is 0.669. The number of rotatable bonds is 3. The summed E-state index contributed by atoms with van der Waals surface area (Å²) in [6.07, 6.45) is 6.64. The lowest BCUT2D eigenvalue weighted by Gasteiger charge is -2.36. The van der Waals surface area contributed by atoms with Gasteiger partial charge in [0, 0.05) is 0 Å². The molecule has 20 heavy (non-hydrogen) atoms. The summed E-state index contributed by atoms with van der Waals surface area (Å²) in [7, 11) is -2.13. The van der Waals surface area contributed by atoms with Gasteiger partial charge < -0.3 is 0 Å². The van der Waals surface area contributed by atoms with Crippen molar-refractivity contribution in [1.82, 2.24) is 0 Å². The molecule has 0 amide bonds. The predicted octanol–water partition coefficient (Wildman–Crippen LogP) is 4.32. The van der Waals surface area contributed by atoms with Gasteiger partial charge in [-0.15, -0.1) is 0 Å². The first kappa shape index (κ1) is 13.9. The highest BCUT2D eigenvalue weighted by Gasteiger charge is 2.43. The van der Waals surface area contributed by atoms with Crippen molar-refractivity contribution in [2.75, 3.05) is 0 Å². The van der Waals surface area contributed by atoms with Crippen molar-refractivity contribution in [3.8, 4) is 0 Å². The van der Waals surface area contributed by atoms with Crippen LogP contribution in [0.3, 0.4) is 0 Å². The highest BCUT2D eigenvalue weighted by Crippen LogP contribution is 2.38. The standard InChI is InChI=1S/C18H21ClSi/c19-20(16-10-4-1-5-11-16,17-12-6-2-7-13-17)18-14-8-3-9-15-18/h1-2,4-7,10-13,18H,3,8-9,14-15H2. The third kappa shape index (κ3) is 2.57. The Kier molecular flexibility index (Phi) is 4.28. The quantitative estimate of drug-likeness (QED) is 0.585. The normalized spacial score (nSPS) is 17.1. The Labute approximate surface area is 127 Å². The van der Waals surface area contributed by atoms with Gasteiger partial charge in [0.25, 0.3) is 0 Å². The molecule has 3 rings (SSSR count). The van der Waals surface area contributed by atoms with Crippen LogP contribution in [0, 0.1) is 0 Å². The van der Waals surface area contributed by atoms with Gasteiger partial charge in [-0.05, 0) is 15.9 Å². The van der Waals surface area contributed by atoms with Gasteiger partial charge in [0.15, 0.2) is 0 Å². The van der Waals surface area contributed by atoms with Gasteiger partial charge in [-0.2, -0.15) is 11.1 Å². The average Bonchev–Trinajstić information content (AvgIpc) is 2.56. The molecule has 0 N–H and O–H groups in total. The monoisotopic (exact) mass is 300 g/mol. The second kappa shape index (κ2) is 6.15. The van der Waals surface area contributed by atoms with Crippen molar-refractivity contribution < 1.29 is 0 Å². The largest absolute Gasteiger partial charge is 0.220 e. The lowest BCUT2D eigenvalue weighted by molar-refractivity contribution is 0.498. The molecule has 0 radical (unpaired) electrons. The smallest absolute Gasteiger partial charge is 0.155 e. The third-order valence-electron chi connectivity index (χ3n) is 4.56. The number of hydrogen-bond donors (Lipinski definition) is 0. The molecule has 0 heterocycles. The first-order valence-electron chi connectivity index (χ1n) is 7.62. The van der Waals surface area contributed by atoms with Crippen LogP contribution in [0.2, 0.25) is 5.54 Å². The van der Waals surface area contributed by atoms with E-state index in [1.54, 1.807) is 0 Å². The maximum atomic E-state index is 7.41. The Morgan fingerprint density at radius 3 is 1.60 bits per heavy atom. The molecule has 0 saturated heterocycles. The van der Waals surface area contributed by atoms with Gasteiger partial charge in [-0.3, -0.25) is 0 Å². The van der Waals surface area contributed by atoms with E-state index in [1.807, 2.05) is 0 Å². The highest BCUT2D eigenvalue weighted by molar-refractivity contribution is 7.34. The summed E-state index contributed by atoms with van der Waals surface area (Å²) in [4.78, 5) is 0. The first-order valence-corrected chi connectivity index (χ1v) is 10.7. The molecule has 0 spiro atoms. The van der Waals surface area contributed by atoms with Crippen molar-refractivity contribution in [2.45, 2.75) is 37.6 Å². The average molecular weight is 301 g/mol. The van der Waals surface area contributed by atoms with E-state index in [9.17, 15) is 0 Å². The summed E-state index contributed by atoms with van der Waals surface area (Å²) in [6.45, 7) is 0. The van der Waals surface area contributed by atoms with E-state index in [0.29, 0.717) is 5.54 Å². The second-order valence-corrected chi connectivity index (χ2v) is 11.0. The number of halogens is 1. The molecule has 1 aliphatic rings. The van der Waals surface area contributed by atoms with E-state index >= 15 is 0 Å². The molecule has 0 unspecified atom stereocenters. The molecule has 1 saturated carbocycles. The van der Waals surface area contributed by atoms with Crippen LogP contribution in [0.25, 0.3) is 0 Å². The molecular weight excluding hydrogens is 280 g/mol. The molecule has 2 aromatic rings. The van der Waals surface area contributed by atoms with Crippen molar-refractivity contribution in [1.29, 1.82) is 0 Å². The topological polar surface area (TPSA) is 0 Å². The van der Waals surface area contributed by atoms with Crippen molar-refractivity contribution in [2.24, 2.45) is 0 Å². The number of benzene rings is 2. The number of hydrogen-bond acceptors (Lipinski definition) is 0. The molecule has 2 heteroatoms. The summed E-state index contributed by atoms with van der Waals surface area (Å²) < 4.78 is 0. The third-order valence-corrected chi connectivity index (χ3v) is 10.8. The maximum Gasteiger partial charge on any atom is 0.220 e. The second-order valence-electron chi connectivity index (χ2n) is 5.78. The molecule has 0 atom stereocenters. The minimum absolute atomic E-state index is 0.669. The van der Waals surface area contributed by atoms with Crippen LogP contribution in [-0.4, -0.2) is 7.38 Å². The van der Waals surface area contributed by atoms with Crippen LogP contribution in [0.15, 0.2) is 60.7 Å². The van der Waals surface area contributed by atoms with Crippen LogP contribution in [0.4, 0.5) is 0 Å². The van der Waals surface area contributed by atoms with E-state index in [0.717, 1.165) is 0 Å². The zero-order valence-corrected chi connectivity index (χ0v) is 13.5. The van der Waals surface area contributed by atoms with E-state index in [2.05, 4.69) is 60.7 Å². The molecule has 1 aliphatic carbocycles. The summed E-state index contributed by atoms with van der Waals surface area (Å²) >= 11 is 7.41.